The summed E-state index contributed by atoms with van der Waals surface area (Å²) in [6.45, 7) is 2.61. The number of amides is 1. The van der Waals surface area contributed by atoms with Crippen molar-refractivity contribution in [1.82, 2.24) is 9.88 Å². The molecular formula is C12H18N4O. The van der Waals surface area contributed by atoms with Gasteiger partial charge in [0.25, 0.3) is 0 Å². The predicted molar refractivity (Wildman–Crippen MR) is 67.7 cm³/mol. The molecule has 1 amide bonds. The molecule has 0 aromatic carbocycles. The first-order valence-corrected chi connectivity index (χ1v) is 5.80. The Hall–Kier alpha value is -1.78. The average Bonchev–Trinajstić information content (AvgIpc) is 2.29. The highest BCUT2D eigenvalue weighted by Crippen LogP contribution is 2.17. The third-order valence-electron chi connectivity index (χ3n) is 3.11. The number of piperidine rings is 1. The molecule has 5 heteroatoms. The number of carbonyl (C=O) groups is 1. The van der Waals surface area contributed by atoms with E-state index in [1.54, 1.807) is 4.90 Å². The lowest BCUT2D eigenvalue weighted by molar-refractivity contribution is -0.132. The zero-order valence-corrected chi connectivity index (χ0v) is 10.2. The SMILES string of the molecule is Cc1nc(NC2CCC(=O)N(C)C2)ccc1N. The van der Waals surface area contributed by atoms with Crippen LogP contribution in [-0.2, 0) is 4.79 Å². The van der Waals surface area contributed by atoms with E-state index < -0.39 is 0 Å². The average molecular weight is 234 g/mol. The van der Waals surface area contributed by atoms with Crippen molar-refractivity contribution in [1.29, 1.82) is 0 Å². The lowest BCUT2D eigenvalue weighted by Gasteiger charge is -2.30. The lowest BCUT2D eigenvalue weighted by atomic mass is 10.1. The molecule has 1 aliphatic heterocycles. The fraction of sp³-hybridized carbons (Fsp3) is 0.500. The van der Waals surface area contributed by atoms with Crippen molar-refractivity contribution in [2.45, 2.75) is 25.8 Å². The predicted octanol–water partition coefficient (Wildman–Crippen LogP) is 1.00. The van der Waals surface area contributed by atoms with Gasteiger partial charge in [-0.05, 0) is 25.5 Å². The van der Waals surface area contributed by atoms with Crippen LogP contribution in [0.2, 0.25) is 0 Å². The van der Waals surface area contributed by atoms with Crippen LogP contribution in [0.5, 0.6) is 0 Å². The standard InChI is InChI=1S/C12H18N4O/c1-8-10(13)4-5-11(14-8)15-9-3-6-12(17)16(2)7-9/h4-5,9H,3,6-7,13H2,1-2H3,(H,14,15). The molecule has 1 fully saturated rings. The molecule has 0 spiro atoms. The molecule has 1 aromatic heterocycles. The minimum Gasteiger partial charge on any atom is -0.397 e. The summed E-state index contributed by atoms with van der Waals surface area (Å²) < 4.78 is 0. The molecule has 17 heavy (non-hydrogen) atoms. The highest BCUT2D eigenvalue weighted by molar-refractivity contribution is 5.77. The quantitative estimate of drug-likeness (QED) is 0.801. The van der Waals surface area contributed by atoms with Crippen molar-refractivity contribution < 1.29 is 4.79 Å². The minimum absolute atomic E-state index is 0.212. The Morgan fingerprint density at radius 2 is 2.29 bits per heavy atom. The summed E-state index contributed by atoms with van der Waals surface area (Å²) in [6, 6.07) is 3.99. The summed E-state index contributed by atoms with van der Waals surface area (Å²) in [5.74, 6) is 1.04. The topological polar surface area (TPSA) is 71.2 Å². The first kappa shape index (κ1) is 11.7. The van der Waals surface area contributed by atoms with Gasteiger partial charge in [-0.15, -0.1) is 0 Å². The molecule has 0 aliphatic carbocycles. The molecule has 1 atom stereocenters. The van der Waals surface area contributed by atoms with E-state index in [0.29, 0.717) is 12.1 Å². The van der Waals surface area contributed by atoms with Gasteiger partial charge in [0, 0.05) is 26.1 Å². The van der Waals surface area contributed by atoms with Crippen LogP contribution in [0.25, 0.3) is 0 Å². The molecule has 1 aromatic rings. The maximum absolute atomic E-state index is 11.4. The van der Waals surface area contributed by atoms with Crippen molar-refractivity contribution in [3.05, 3.63) is 17.8 Å². The fourth-order valence-electron chi connectivity index (χ4n) is 1.99. The zero-order chi connectivity index (χ0) is 12.4. The van der Waals surface area contributed by atoms with Crippen molar-refractivity contribution in [3.63, 3.8) is 0 Å². The van der Waals surface area contributed by atoms with Gasteiger partial charge >= 0.3 is 0 Å². The Bertz CT molecular complexity index is 433. The maximum atomic E-state index is 11.4. The van der Waals surface area contributed by atoms with E-state index in [0.717, 1.165) is 24.5 Å². The van der Waals surface area contributed by atoms with Crippen LogP contribution in [0.3, 0.4) is 0 Å². The second kappa shape index (κ2) is 4.61. The van der Waals surface area contributed by atoms with Crippen LogP contribution < -0.4 is 11.1 Å². The molecule has 0 bridgehead atoms. The number of nitrogens with zero attached hydrogens (tertiary/aromatic N) is 2. The van der Waals surface area contributed by atoms with Gasteiger partial charge in [0.1, 0.15) is 5.82 Å². The molecule has 1 aliphatic rings. The second-order valence-electron chi connectivity index (χ2n) is 4.53. The minimum atomic E-state index is 0.212. The number of nitrogens with two attached hydrogens (primary N) is 1. The Morgan fingerprint density at radius 3 is 2.94 bits per heavy atom. The van der Waals surface area contributed by atoms with E-state index in [9.17, 15) is 4.79 Å². The van der Waals surface area contributed by atoms with Crippen molar-refractivity contribution in [2.75, 3.05) is 24.6 Å². The molecule has 92 valence electrons. The highest BCUT2D eigenvalue weighted by atomic mass is 16.2. The smallest absolute Gasteiger partial charge is 0.222 e. The number of aromatic nitrogens is 1. The summed E-state index contributed by atoms with van der Waals surface area (Å²) in [7, 11) is 1.83. The summed E-state index contributed by atoms with van der Waals surface area (Å²) in [5.41, 5.74) is 7.25. The normalized spacial score (nSPS) is 20.5. The number of rotatable bonds is 2. The van der Waals surface area contributed by atoms with Crippen LogP contribution in [0.4, 0.5) is 11.5 Å². The molecule has 1 saturated heterocycles. The van der Waals surface area contributed by atoms with Crippen LogP contribution in [-0.4, -0.2) is 35.4 Å². The van der Waals surface area contributed by atoms with Gasteiger partial charge in [-0.25, -0.2) is 4.98 Å². The number of pyridine rings is 1. The first-order valence-electron chi connectivity index (χ1n) is 5.80. The largest absolute Gasteiger partial charge is 0.397 e. The first-order chi connectivity index (χ1) is 8.06. The number of carbonyl (C=O) groups excluding carboxylic acids is 1. The van der Waals surface area contributed by atoms with Crippen molar-refractivity contribution in [3.8, 4) is 0 Å². The lowest BCUT2D eigenvalue weighted by Crippen LogP contribution is -2.43. The number of hydrogen-bond donors (Lipinski definition) is 2. The van der Waals surface area contributed by atoms with E-state index in [2.05, 4.69) is 10.3 Å². The maximum Gasteiger partial charge on any atom is 0.222 e. The highest BCUT2D eigenvalue weighted by Gasteiger charge is 2.22. The molecule has 0 radical (unpaired) electrons. The number of nitrogen functional groups attached to an aromatic ring is 1. The van der Waals surface area contributed by atoms with Gasteiger partial charge in [-0.1, -0.05) is 0 Å². The van der Waals surface area contributed by atoms with Crippen LogP contribution in [0, 0.1) is 6.92 Å². The number of hydrogen-bond acceptors (Lipinski definition) is 4. The number of nitrogens with one attached hydrogen (secondary N) is 1. The van der Waals surface area contributed by atoms with Gasteiger partial charge in [0.2, 0.25) is 5.91 Å². The van der Waals surface area contributed by atoms with E-state index in [-0.39, 0.29) is 11.9 Å². The zero-order valence-electron chi connectivity index (χ0n) is 10.2. The number of aryl methyl sites for hydroxylation is 1. The molecule has 2 rings (SSSR count). The Kier molecular flexibility index (Phi) is 3.17. The van der Waals surface area contributed by atoms with E-state index >= 15 is 0 Å². The van der Waals surface area contributed by atoms with Crippen LogP contribution in [0.15, 0.2) is 12.1 Å². The molecular weight excluding hydrogens is 216 g/mol. The Labute approximate surface area is 101 Å². The molecule has 5 nitrogen and oxygen atoms in total. The van der Waals surface area contributed by atoms with Gasteiger partial charge in [0.15, 0.2) is 0 Å². The van der Waals surface area contributed by atoms with E-state index in [1.165, 1.54) is 0 Å². The van der Waals surface area contributed by atoms with Gasteiger partial charge < -0.3 is 16.0 Å². The third-order valence-corrected chi connectivity index (χ3v) is 3.11. The van der Waals surface area contributed by atoms with Gasteiger partial charge in [-0.3, -0.25) is 4.79 Å². The summed E-state index contributed by atoms with van der Waals surface area (Å²) >= 11 is 0. The summed E-state index contributed by atoms with van der Waals surface area (Å²) in [5, 5.41) is 3.34. The summed E-state index contributed by atoms with van der Waals surface area (Å²) in [6.07, 6.45) is 1.45. The van der Waals surface area contributed by atoms with Gasteiger partial charge in [0.05, 0.1) is 11.4 Å². The van der Waals surface area contributed by atoms with Crippen molar-refractivity contribution in [2.24, 2.45) is 0 Å². The van der Waals surface area contributed by atoms with Crippen LogP contribution in [0.1, 0.15) is 18.5 Å². The monoisotopic (exact) mass is 234 g/mol. The van der Waals surface area contributed by atoms with Gasteiger partial charge in [-0.2, -0.15) is 0 Å². The Balaban J connectivity index is 2.01. The Morgan fingerprint density at radius 1 is 1.53 bits per heavy atom. The number of anilines is 2. The van der Waals surface area contributed by atoms with Crippen molar-refractivity contribution >= 4 is 17.4 Å². The van der Waals surface area contributed by atoms with E-state index in [4.69, 9.17) is 5.73 Å². The number of likely N-dealkylation sites (tertiary alicyclic amines) is 1. The van der Waals surface area contributed by atoms with E-state index in [1.807, 2.05) is 26.1 Å². The second-order valence-corrected chi connectivity index (χ2v) is 4.53. The fourth-order valence-corrected chi connectivity index (χ4v) is 1.99. The summed E-state index contributed by atoms with van der Waals surface area (Å²) in [4.78, 5) is 17.5. The molecule has 2 heterocycles. The van der Waals surface area contributed by atoms with Crippen LogP contribution >= 0.6 is 0 Å². The molecule has 3 N–H and O–H groups in total. The molecule has 0 saturated carbocycles. The molecule has 1 unspecified atom stereocenters. The number of likely N-dealkylation sites (N-methyl/N-ethyl adjacent to an activating group) is 1. The third kappa shape index (κ3) is 2.67.